The van der Waals surface area contributed by atoms with Crippen molar-refractivity contribution in [2.45, 2.75) is 0 Å². The van der Waals surface area contributed by atoms with Crippen LogP contribution in [0.25, 0.3) is 0 Å². The summed E-state index contributed by atoms with van der Waals surface area (Å²) >= 11 is 0. The highest BCUT2D eigenvalue weighted by Gasteiger charge is 2.24. The van der Waals surface area contributed by atoms with Crippen molar-refractivity contribution < 1.29 is 4.79 Å². The zero-order valence-electron chi connectivity index (χ0n) is 6.16. The Balaban J connectivity index is 2.55. The summed E-state index contributed by atoms with van der Waals surface area (Å²) in [5, 5.41) is 0. The zero-order chi connectivity index (χ0) is 7.84. The van der Waals surface area contributed by atoms with Crippen LogP contribution in [0.1, 0.15) is 15.9 Å². The molecule has 54 valence electrons. The quantitative estimate of drug-likeness (QED) is 0.536. The number of amides is 1. The molecule has 1 aromatic carbocycles. The Morgan fingerprint density at radius 2 is 2.09 bits per heavy atom. The lowest BCUT2D eigenvalue weighted by molar-refractivity contribution is 0.0854. The number of fused-ring (bicyclic) bond motifs is 1. The Labute approximate surface area is 65.4 Å². The van der Waals surface area contributed by atoms with Crippen LogP contribution in [0.5, 0.6) is 0 Å². The van der Waals surface area contributed by atoms with Gasteiger partial charge in [-0.3, -0.25) is 4.79 Å². The first-order valence-electron chi connectivity index (χ1n) is 3.43. The molecule has 1 aliphatic heterocycles. The first kappa shape index (κ1) is 6.40. The van der Waals surface area contributed by atoms with E-state index in [0.29, 0.717) is 0 Å². The van der Waals surface area contributed by atoms with Crippen molar-refractivity contribution in [3.63, 3.8) is 0 Å². The normalized spacial score (nSPS) is 15.4. The summed E-state index contributed by atoms with van der Waals surface area (Å²) in [6.07, 6.45) is 0. The van der Waals surface area contributed by atoms with Gasteiger partial charge in [-0.05, 0) is 11.6 Å². The van der Waals surface area contributed by atoms with Gasteiger partial charge >= 0.3 is 0 Å². The van der Waals surface area contributed by atoms with Crippen molar-refractivity contribution in [1.82, 2.24) is 4.90 Å². The SMILES string of the molecule is CN1[C]c2ccccc2C1=O. The molecule has 1 heterocycles. The summed E-state index contributed by atoms with van der Waals surface area (Å²) < 4.78 is 0. The van der Waals surface area contributed by atoms with E-state index >= 15 is 0 Å². The fourth-order valence-electron chi connectivity index (χ4n) is 1.18. The number of hydrogen-bond acceptors (Lipinski definition) is 1. The average molecular weight is 145 g/mol. The molecular weight excluding hydrogens is 138 g/mol. The van der Waals surface area contributed by atoms with Crippen molar-refractivity contribution in [2.24, 2.45) is 0 Å². The molecule has 1 aromatic rings. The first-order valence-corrected chi connectivity index (χ1v) is 3.43. The lowest BCUT2D eigenvalue weighted by Crippen LogP contribution is -2.15. The van der Waals surface area contributed by atoms with Gasteiger partial charge < -0.3 is 4.90 Å². The lowest BCUT2D eigenvalue weighted by atomic mass is 10.1. The van der Waals surface area contributed by atoms with Crippen LogP contribution in [0.2, 0.25) is 0 Å². The van der Waals surface area contributed by atoms with Crippen LogP contribution in [0.4, 0.5) is 0 Å². The minimum atomic E-state index is 0.0283. The molecule has 1 amide bonds. The predicted octanol–water partition coefficient (Wildman–Crippen LogP) is 1.16. The Morgan fingerprint density at radius 3 is 2.82 bits per heavy atom. The number of carbonyl (C=O) groups is 1. The Morgan fingerprint density at radius 1 is 1.36 bits per heavy atom. The minimum Gasteiger partial charge on any atom is -0.326 e. The van der Waals surface area contributed by atoms with E-state index in [2.05, 4.69) is 6.54 Å². The standard InChI is InChI=1S/C9H7NO/c1-10-6-7-4-2-3-5-8(7)9(10)11/h2-5H,1H3. The Kier molecular flexibility index (Phi) is 1.22. The smallest absolute Gasteiger partial charge is 0.254 e. The third-order valence-electron chi connectivity index (χ3n) is 1.75. The second kappa shape index (κ2) is 2.09. The van der Waals surface area contributed by atoms with Crippen LogP contribution < -0.4 is 0 Å². The zero-order valence-corrected chi connectivity index (χ0v) is 6.16. The van der Waals surface area contributed by atoms with Gasteiger partial charge in [0.15, 0.2) is 0 Å². The van der Waals surface area contributed by atoms with E-state index in [1.165, 1.54) is 4.90 Å². The maximum absolute atomic E-state index is 11.3. The highest BCUT2D eigenvalue weighted by Crippen LogP contribution is 2.21. The van der Waals surface area contributed by atoms with E-state index in [1.54, 1.807) is 7.05 Å². The van der Waals surface area contributed by atoms with E-state index < -0.39 is 0 Å². The Hall–Kier alpha value is -1.31. The van der Waals surface area contributed by atoms with E-state index in [1.807, 2.05) is 24.3 Å². The number of benzene rings is 1. The van der Waals surface area contributed by atoms with Gasteiger partial charge in [0.1, 0.15) is 6.54 Å². The van der Waals surface area contributed by atoms with Gasteiger partial charge in [-0.2, -0.15) is 0 Å². The lowest BCUT2D eigenvalue weighted by Gasteiger charge is -2.02. The van der Waals surface area contributed by atoms with Crippen molar-refractivity contribution in [3.05, 3.63) is 41.9 Å². The topological polar surface area (TPSA) is 20.3 Å². The molecule has 0 aliphatic carbocycles. The van der Waals surface area contributed by atoms with Crippen molar-refractivity contribution in [2.75, 3.05) is 7.05 Å². The third-order valence-corrected chi connectivity index (χ3v) is 1.75. The number of hydrogen-bond donors (Lipinski definition) is 0. The minimum absolute atomic E-state index is 0.0283. The van der Waals surface area contributed by atoms with Gasteiger partial charge in [-0.25, -0.2) is 0 Å². The average Bonchev–Trinajstić information content (AvgIpc) is 2.30. The maximum Gasteiger partial charge on any atom is 0.254 e. The van der Waals surface area contributed by atoms with Crippen molar-refractivity contribution in [1.29, 1.82) is 0 Å². The van der Waals surface area contributed by atoms with Crippen LogP contribution >= 0.6 is 0 Å². The second-order valence-electron chi connectivity index (χ2n) is 2.52. The van der Waals surface area contributed by atoms with Gasteiger partial charge in [0.25, 0.3) is 5.91 Å². The van der Waals surface area contributed by atoms with Gasteiger partial charge in [0.05, 0.1) is 0 Å². The van der Waals surface area contributed by atoms with Crippen LogP contribution in [0.15, 0.2) is 24.3 Å². The Bertz CT molecular complexity index is 306. The molecule has 0 saturated carbocycles. The first-order chi connectivity index (χ1) is 5.29. The van der Waals surface area contributed by atoms with Crippen molar-refractivity contribution in [3.8, 4) is 0 Å². The molecule has 0 saturated heterocycles. The molecule has 1 aliphatic rings. The molecule has 0 aromatic heterocycles. The molecule has 2 radical (unpaired) electrons. The third kappa shape index (κ3) is 0.827. The monoisotopic (exact) mass is 145 g/mol. The molecule has 0 fully saturated rings. The van der Waals surface area contributed by atoms with E-state index in [-0.39, 0.29) is 5.91 Å². The van der Waals surface area contributed by atoms with E-state index in [9.17, 15) is 4.79 Å². The summed E-state index contributed by atoms with van der Waals surface area (Å²) in [7, 11) is 1.71. The van der Waals surface area contributed by atoms with Crippen molar-refractivity contribution >= 4 is 5.91 Å². The van der Waals surface area contributed by atoms with Crippen LogP contribution in [0, 0.1) is 6.54 Å². The second-order valence-corrected chi connectivity index (χ2v) is 2.52. The molecular formula is C9H7NO. The van der Waals surface area contributed by atoms with E-state index in [0.717, 1.165) is 11.1 Å². The molecule has 0 N–H and O–H groups in total. The van der Waals surface area contributed by atoms with Gasteiger partial charge in [0.2, 0.25) is 0 Å². The summed E-state index contributed by atoms with van der Waals surface area (Å²) in [6, 6.07) is 7.46. The summed E-state index contributed by atoms with van der Waals surface area (Å²) in [5.74, 6) is 0.0283. The molecule has 11 heavy (non-hydrogen) atoms. The van der Waals surface area contributed by atoms with Gasteiger partial charge in [0, 0.05) is 12.6 Å². The van der Waals surface area contributed by atoms with E-state index in [4.69, 9.17) is 0 Å². The number of carbonyl (C=O) groups excluding carboxylic acids is 1. The largest absolute Gasteiger partial charge is 0.326 e. The summed E-state index contributed by atoms with van der Waals surface area (Å²) in [6.45, 7) is 2.93. The van der Waals surface area contributed by atoms with Gasteiger partial charge in [-0.15, -0.1) is 0 Å². The van der Waals surface area contributed by atoms with Crippen LogP contribution in [-0.4, -0.2) is 17.9 Å². The van der Waals surface area contributed by atoms with Gasteiger partial charge in [-0.1, -0.05) is 18.2 Å². The summed E-state index contributed by atoms with van der Waals surface area (Å²) in [5.41, 5.74) is 1.63. The molecule has 0 spiro atoms. The van der Waals surface area contributed by atoms with Crippen LogP contribution in [-0.2, 0) is 0 Å². The molecule has 0 atom stereocenters. The highest BCUT2D eigenvalue weighted by molar-refractivity contribution is 5.99. The fraction of sp³-hybridized carbons (Fsp3) is 0.111. The molecule has 0 unspecified atom stereocenters. The number of rotatable bonds is 0. The van der Waals surface area contributed by atoms with Crippen LogP contribution in [0.3, 0.4) is 0 Å². The molecule has 2 rings (SSSR count). The fourth-order valence-corrected chi connectivity index (χ4v) is 1.18. The molecule has 2 nitrogen and oxygen atoms in total. The number of nitrogens with zero attached hydrogens (tertiary/aromatic N) is 1. The highest BCUT2D eigenvalue weighted by atomic mass is 16.2. The molecule has 2 heteroatoms. The summed E-state index contributed by atoms with van der Waals surface area (Å²) in [4.78, 5) is 12.7. The maximum atomic E-state index is 11.3. The predicted molar refractivity (Wildman–Crippen MR) is 40.9 cm³/mol. The molecule has 0 bridgehead atoms.